The van der Waals surface area contributed by atoms with Gasteiger partial charge in [0.2, 0.25) is 0 Å². The van der Waals surface area contributed by atoms with Gasteiger partial charge in [0.05, 0.1) is 5.71 Å². The predicted molar refractivity (Wildman–Crippen MR) is 46.0 cm³/mol. The minimum atomic E-state index is 0.422. The molecule has 0 unspecified atom stereocenters. The fraction of sp³-hybridized carbons (Fsp3) is 0.125. The molecule has 0 bridgehead atoms. The summed E-state index contributed by atoms with van der Waals surface area (Å²) in [7, 11) is 0. The van der Waals surface area contributed by atoms with Gasteiger partial charge in [-0.1, -0.05) is 19.2 Å². The second kappa shape index (κ2) is 5.98. The third-order valence-electron chi connectivity index (χ3n) is 0.907. The maximum atomic E-state index is 5.30. The van der Waals surface area contributed by atoms with Crippen LogP contribution in [0.1, 0.15) is 0 Å². The topological polar surface area (TPSA) is 38.4 Å². The summed E-state index contributed by atoms with van der Waals surface area (Å²) >= 11 is 0. The molecule has 0 aromatic heterocycles. The van der Waals surface area contributed by atoms with Crippen molar-refractivity contribution in [3.8, 4) is 0 Å². The molecule has 0 amide bonds. The third-order valence-corrected chi connectivity index (χ3v) is 0.907. The normalized spacial score (nSPS) is 11.9. The van der Waals surface area contributed by atoms with E-state index in [0.717, 1.165) is 5.71 Å². The van der Waals surface area contributed by atoms with Gasteiger partial charge in [0.1, 0.15) is 0 Å². The van der Waals surface area contributed by atoms with Crippen molar-refractivity contribution < 1.29 is 0 Å². The van der Waals surface area contributed by atoms with E-state index in [9.17, 15) is 0 Å². The second-order valence-electron chi connectivity index (χ2n) is 1.61. The van der Waals surface area contributed by atoms with Crippen molar-refractivity contribution in [3.63, 3.8) is 0 Å². The third kappa shape index (κ3) is 3.80. The van der Waals surface area contributed by atoms with Crippen LogP contribution in [0.5, 0.6) is 0 Å². The second-order valence-corrected chi connectivity index (χ2v) is 1.61. The fourth-order valence-electron chi connectivity index (χ4n) is 0.388. The smallest absolute Gasteiger partial charge is 0.0533 e. The van der Waals surface area contributed by atoms with E-state index >= 15 is 0 Å². The van der Waals surface area contributed by atoms with E-state index in [4.69, 9.17) is 5.73 Å². The van der Waals surface area contributed by atoms with E-state index in [1.807, 2.05) is 0 Å². The number of hydrogen-bond donors (Lipinski definition) is 1. The number of nitrogens with zero attached hydrogens (tertiary/aromatic N) is 1. The van der Waals surface area contributed by atoms with Crippen LogP contribution in [0.2, 0.25) is 0 Å². The molecule has 0 atom stereocenters. The zero-order chi connectivity index (χ0) is 7.82. The van der Waals surface area contributed by atoms with E-state index in [1.165, 1.54) is 0 Å². The molecule has 0 aliphatic rings. The van der Waals surface area contributed by atoms with Gasteiger partial charge >= 0.3 is 0 Å². The van der Waals surface area contributed by atoms with Gasteiger partial charge in [-0.3, -0.25) is 4.99 Å². The van der Waals surface area contributed by atoms with Gasteiger partial charge in [-0.05, 0) is 12.2 Å². The largest absolute Gasteiger partial charge is 0.325 e. The van der Waals surface area contributed by atoms with E-state index in [-0.39, 0.29) is 0 Å². The molecular formula is C8H12N2. The standard InChI is InChI=1S/C8H12N2/c1-3-5-6-10-8(4-2)7-9/h3-6H,1-2,7,9H2/b6-5-,10-8+. The first-order valence-corrected chi connectivity index (χ1v) is 3.02. The average Bonchev–Trinajstić information content (AvgIpc) is 1.99. The summed E-state index contributed by atoms with van der Waals surface area (Å²) in [5.74, 6) is 0. The summed E-state index contributed by atoms with van der Waals surface area (Å²) in [4.78, 5) is 3.97. The Morgan fingerprint density at radius 1 is 1.50 bits per heavy atom. The molecule has 0 radical (unpaired) electrons. The van der Waals surface area contributed by atoms with Crippen LogP contribution in [0.4, 0.5) is 0 Å². The molecule has 0 rings (SSSR count). The molecule has 0 aliphatic heterocycles. The molecule has 0 aliphatic carbocycles. The zero-order valence-corrected chi connectivity index (χ0v) is 5.96. The minimum absolute atomic E-state index is 0.422. The van der Waals surface area contributed by atoms with E-state index in [1.54, 1.807) is 24.4 Å². The lowest BCUT2D eigenvalue weighted by atomic mass is 10.4. The van der Waals surface area contributed by atoms with Gasteiger partial charge in [0, 0.05) is 12.7 Å². The summed E-state index contributed by atoms with van der Waals surface area (Å²) in [5.41, 5.74) is 6.08. The van der Waals surface area contributed by atoms with Crippen molar-refractivity contribution in [1.29, 1.82) is 0 Å². The Bertz CT molecular complexity index is 166. The van der Waals surface area contributed by atoms with Crippen LogP contribution in [0.3, 0.4) is 0 Å². The quantitative estimate of drug-likeness (QED) is 0.458. The Labute approximate surface area is 61.5 Å². The SMILES string of the molecule is C=C/C=C\N=C(/C=C)CN. The molecule has 10 heavy (non-hydrogen) atoms. The molecule has 0 aromatic carbocycles. The molecule has 2 nitrogen and oxygen atoms in total. The fourth-order valence-corrected chi connectivity index (χ4v) is 0.388. The molecule has 2 N–H and O–H groups in total. The number of nitrogens with two attached hydrogens (primary N) is 1. The Morgan fingerprint density at radius 3 is 2.60 bits per heavy atom. The number of aliphatic imine (C=N–C) groups is 1. The van der Waals surface area contributed by atoms with Crippen LogP contribution in [-0.4, -0.2) is 12.3 Å². The van der Waals surface area contributed by atoms with Crippen LogP contribution in [-0.2, 0) is 0 Å². The molecule has 2 heteroatoms. The van der Waals surface area contributed by atoms with Crippen molar-refractivity contribution in [2.75, 3.05) is 6.54 Å². The van der Waals surface area contributed by atoms with Crippen molar-refractivity contribution >= 4 is 5.71 Å². The van der Waals surface area contributed by atoms with Crippen molar-refractivity contribution in [3.05, 3.63) is 37.6 Å². The molecule has 0 saturated carbocycles. The first-order valence-electron chi connectivity index (χ1n) is 3.02. The molecule has 54 valence electrons. The monoisotopic (exact) mass is 136 g/mol. The molecule has 0 heterocycles. The first-order chi connectivity index (χ1) is 4.85. The highest BCUT2D eigenvalue weighted by Crippen LogP contribution is 1.80. The summed E-state index contributed by atoms with van der Waals surface area (Å²) in [6, 6.07) is 0. The Kier molecular flexibility index (Phi) is 5.29. The zero-order valence-electron chi connectivity index (χ0n) is 5.96. The van der Waals surface area contributed by atoms with Crippen LogP contribution in [0.15, 0.2) is 42.6 Å². The van der Waals surface area contributed by atoms with Crippen LogP contribution in [0, 0.1) is 0 Å². The van der Waals surface area contributed by atoms with Crippen LogP contribution >= 0.6 is 0 Å². The van der Waals surface area contributed by atoms with E-state index in [2.05, 4.69) is 18.2 Å². The highest BCUT2D eigenvalue weighted by atomic mass is 14.7. The Balaban J connectivity index is 3.97. The predicted octanol–water partition coefficient (Wildman–Crippen LogP) is 1.27. The van der Waals surface area contributed by atoms with Gasteiger partial charge in [0.25, 0.3) is 0 Å². The summed E-state index contributed by atoms with van der Waals surface area (Å²) in [6.45, 7) is 7.46. The Hall–Kier alpha value is -1.15. The summed E-state index contributed by atoms with van der Waals surface area (Å²) in [6.07, 6.45) is 6.66. The molecule has 0 saturated heterocycles. The maximum Gasteiger partial charge on any atom is 0.0533 e. The van der Waals surface area contributed by atoms with Gasteiger partial charge in [-0.2, -0.15) is 0 Å². The molecular weight excluding hydrogens is 124 g/mol. The van der Waals surface area contributed by atoms with Gasteiger partial charge in [0.15, 0.2) is 0 Å². The molecule has 0 spiro atoms. The number of allylic oxidation sites excluding steroid dienone is 2. The van der Waals surface area contributed by atoms with E-state index in [0.29, 0.717) is 6.54 Å². The molecule has 0 fully saturated rings. The van der Waals surface area contributed by atoms with Crippen molar-refractivity contribution in [2.45, 2.75) is 0 Å². The van der Waals surface area contributed by atoms with Gasteiger partial charge in [-0.25, -0.2) is 0 Å². The summed E-state index contributed by atoms with van der Waals surface area (Å²) < 4.78 is 0. The minimum Gasteiger partial charge on any atom is -0.325 e. The number of rotatable bonds is 4. The molecule has 0 aromatic rings. The lowest BCUT2D eigenvalue weighted by Gasteiger charge is -1.89. The maximum absolute atomic E-state index is 5.30. The highest BCUT2D eigenvalue weighted by molar-refractivity contribution is 5.96. The van der Waals surface area contributed by atoms with Crippen molar-refractivity contribution in [2.24, 2.45) is 10.7 Å². The highest BCUT2D eigenvalue weighted by Gasteiger charge is 1.82. The van der Waals surface area contributed by atoms with Gasteiger partial charge in [-0.15, -0.1) is 0 Å². The lowest BCUT2D eigenvalue weighted by molar-refractivity contribution is 1.30. The average molecular weight is 136 g/mol. The Morgan fingerprint density at radius 2 is 2.20 bits per heavy atom. The van der Waals surface area contributed by atoms with E-state index < -0.39 is 0 Å². The lowest BCUT2D eigenvalue weighted by Crippen LogP contribution is -2.09. The van der Waals surface area contributed by atoms with Gasteiger partial charge < -0.3 is 5.73 Å². The first kappa shape index (κ1) is 8.85. The van der Waals surface area contributed by atoms with Crippen LogP contribution in [0.25, 0.3) is 0 Å². The van der Waals surface area contributed by atoms with Crippen molar-refractivity contribution in [1.82, 2.24) is 0 Å². The number of hydrogen-bond acceptors (Lipinski definition) is 2. The van der Waals surface area contributed by atoms with Crippen LogP contribution < -0.4 is 5.73 Å². The summed E-state index contributed by atoms with van der Waals surface area (Å²) in [5, 5.41) is 0.